The monoisotopic (exact) mass is 181 g/mol. The molecule has 4 nitrogen and oxygen atoms in total. The molecule has 1 saturated heterocycles. The van der Waals surface area contributed by atoms with Crippen LogP contribution in [0.3, 0.4) is 0 Å². The largest absolute Gasteiger partial charge is 0.485 e. The van der Waals surface area contributed by atoms with Gasteiger partial charge in [-0.05, 0) is 19.9 Å². The SMILES string of the molecule is Cc1nn(C)cc1O[C@@H]1CCNC1. The molecule has 1 aliphatic rings. The Labute approximate surface area is 77.9 Å². The highest BCUT2D eigenvalue weighted by molar-refractivity contribution is 5.23. The Morgan fingerprint density at radius 1 is 1.69 bits per heavy atom. The fourth-order valence-corrected chi connectivity index (χ4v) is 1.60. The standard InChI is InChI=1S/C9H15N3O/c1-7-9(6-12(2)11-7)13-8-3-4-10-5-8/h6,8,10H,3-5H2,1-2H3/t8-/m1/s1. The van der Waals surface area contributed by atoms with Gasteiger partial charge in [-0.2, -0.15) is 5.10 Å². The maximum absolute atomic E-state index is 5.78. The Kier molecular flexibility index (Phi) is 2.22. The first-order chi connectivity index (χ1) is 6.25. The fourth-order valence-electron chi connectivity index (χ4n) is 1.60. The molecule has 72 valence electrons. The molecule has 2 heterocycles. The minimum absolute atomic E-state index is 0.322. The summed E-state index contributed by atoms with van der Waals surface area (Å²) in [5, 5.41) is 7.49. The number of nitrogens with zero attached hydrogens (tertiary/aromatic N) is 2. The molecule has 1 fully saturated rings. The van der Waals surface area contributed by atoms with Gasteiger partial charge in [0.15, 0.2) is 5.75 Å². The summed E-state index contributed by atoms with van der Waals surface area (Å²) in [6.45, 7) is 3.98. The minimum Gasteiger partial charge on any atom is -0.485 e. The van der Waals surface area contributed by atoms with E-state index in [-0.39, 0.29) is 0 Å². The Morgan fingerprint density at radius 2 is 2.54 bits per heavy atom. The first-order valence-electron chi connectivity index (χ1n) is 4.63. The molecule has 0 radical (unpaired) electrons. The van der Waals surface area contributed by atoms with Crippen molar-refractivity contribution < 1.29 is 4.74 Å². The van der Waals surface area contributed by atoms with Crippen molar-refractivity contribution >= 4 is 0 Å². The Morgan fingerprint density at radius 3 is 3.08 bits per heavy atom. The summed E-state index contributed by atoms with van der Waals surface area (Å²) in [7, 11) is 1.91. The Hall–Kier alpha value is -1.03. The third kappa shape index (κ3) is 1.83. The number of hydrogen-bond donors (Lipinski definition) is 1. The van der Waals surface area contributed by atoms with Crippen LogP contribution in [0, 0.1) is 6.92 Å². The summed E-state index contributed by atoms with van der Waals surface area (Å²) in [6.07, 6.45) is 3.34. The topological polar surface area (TPSA) is 39.1 Å². The highest BCUT2D eigenvalue weighted by Gasteiger charge is 2.17. The van der Waals surface area contributed by atoms with Gasteiger partial charge in [-0.25, -0.2) is 0 Å². The summed E-state index contributed by atoms with van der Waals surface area (Å²) in [5.41, 5.74) is 0.967. The summed E-state index contributed by atoms with van der Waals surface area (Å²) < 4.78 is 7.57. The summed E-state index contributed by atoms with van der Waals surface area (Å²) in [5.74, 6) is 0.913. The van der Waals surface area contributed by atoms with Gasteiger partial charge in [-0.15, -0.1) is 0 Å². The molecule has 0 bridgehead atoms. The van der Waals surface area contributed by atoms with E-state index in [0.29, 0.717) is 6.10 Å². The van der Waals surface area contributed by atoms with Gasteiger partial charge in [0.1, 0.15) is 11.8 Å². The molecule has 1 aliphatic heterocycles. The number of nitrogens with one attached hydrogen (secondary N) is 1. The first kappa shape index (κ1) is 8.56. The predicted octanol–water partition coefficient (Wildman–Crippen LogP) is 0.469. The zero-order chi connectivity index (χ0) is 9.26. The van der Waals surface area contributed by atoms with Gasteiger partial charge in [0, 0.05) is 13.6 Å². The smallest absolute Gasteiger partial charge is 0.160 e. The second-order valence-electron chi connectivity index (χ2n) is 3.49. The van der Waals surface area contributed by atoms with Crippen LogP contribution < -0.4 is 10.1 Å². The zero-order valence-corrected chi connectivity index (χ0v) is 8.08. The van der Waals surface area contributed by atoms with Crippen molar-refractivity contribution in [1.29, 1.82) is 0 Å². The maximum Gasteiger partial charge on any atom is 0.160 e. The van der Waals surface area contributed by atoms with Crippen molar-refractivity contribution in [3.8, 4) is 5.75 Å². The second-order valence-corrected chi connectivity index (χ2v) is 3.49. The number of rotatable bonds is 2. The normalized spacial score (nSPS) is 22.2. The van der Waals surface area contributed by atoms with E-state index >= 15 is 0 Å². The molecule has 13 heavy (non-hydrogen) atoms. The van der Waals surface area contributed by atoms with Crippen LogP contribution in [-0.4, -0.2) is 29.0 Å². The van der Waals surface area contributed by atoms with Crippen molar-refractivity contribution in [2.75, 3.05) is 13.1 Å². The number of hydrogen-bond acceptors (Lipinski definition) is 3. The predicted molar refractivity (Wildman–Crippen MR) is 49.8 cm³/mol. The van der Waals surface area contributed by atoms with Crippen LogP contribution >= 0.6 is 0 Å². The lowest BCUT2D eigenvalue weighted by Gasteiger charge is -2.10. The highest BCUT2D eigenvalue weighted by atomic mass is 16.5. The van der Waals surface area contributed by atoms with Crippen molar-refractivity contribution in [2.45, 2.75) is 19.4 Å². The van der Waals surface area contributed by atoms with E-state index in [9.17, 15) is 0 Å². The van der Waals surface area contributed by atoms with Crippen LogP contribution in [0.25, 0.3) is 0 Å². The summed E-state index contributed by atoms with van der Waals surface area (Å²) in [6, 6.07) is 0. The average molecular weight is 181 g/mol. The molecule has 1 N–H and O–H groups in total. The molecule has 1 aromatic heterocycles. The molecule has 0 saturated carbocycles. The molecule has 0 spiro atoms. The van der Waals surface area contributed by atoms with Crippen LogP contribution in [0.4, 0.5) is 0 Å². The Balaban J connectivity index is 2.03. The molecule has 0 unspecified atom stereocenters. The number of ether oxygens (including phenoxy) is 1. The van der Waals surface area contributed by atoms with Crippen LogP contribution in [0.2, 0.25) is 0 Å². The van der Waals surface area contributed by atoms with Gasteiger partial charge in [0.2, 0.25) is 0 Å². The van der Waals surface area contributed by atoms with Gasteiger partial charge in [-0.1, -0.05) is 0 Å². The van der Waals surface area contributed by atoms with Crippen molar-refractivity contribution in [2.24, 2.45) is 7.05 Å². The molecule has 2 rings (SSSR count). The van der Waals surface area contributed by atoms with Crippen LogP contribution in [-0.2, 0) is 7.05 Å². The maximum atomic E-state index is 5.78. The molecule has 1 atom stereocenters. The summed E-state index contributed by atoms with van der Waals surface area (Å²) >= 11 is 0. The fraction of sp³-hybridized carbons (Fsp3) is 0.667. The van der Waals surface area contributed by atoms with Crippen LogP contribution in [0.15, 0.2) is 6.20 Å². The lowest BCUT2D eigenvalue weighted by Crippen LogP contribution is -2.19. The van der Waals surface area contributed by atoms with E-state index in [1.54, 1.807) is 4.68 Å². The second kappa shape index (κ2) is 3.38. The minimum atomic E-state index is 0.322. The molecule has 4 heteroatoms. The lowest BCUT2D eigenvalue weighted by molar-refractivity contribution is 0.221. The van der Waals surface area contributed by atoms with Gasteiger partial charge < -0.3 is 10.1 Å². The first-order valence-corrected chi connectivity index (χ1v) is 4.63. The van der Waals surface area contributed by atoms with E-state index in [2.05, 4.69) is 10.4 Å². The molecule has 0 aromatic carbocycles. The third-order valence-corrected chi connectivity index (χ3v) is 2.28. The van der Waals surface area contributed by atoms with Crippen molar-refractivity contribution in [3.63, 3.8) is 0 Å². The quantitative estimate of drug-likeness (QED) is 0.721. The lowest BCUT2D eigenvalue weighted by atomic mass is 10.3. The molecule has 0 aliphatic carbocycles. The zero-order valence-electron chi connectivity index (χ0n) is 8.08. The highest BCUT2D eigenvalue weighted by Crippen LogP contribution is 2.18. The van der Waals surface area contributed by atoms with Gasteiger partial charge in [0.05, 0.1) is 6.20 Å². The van der Waals surface area contributed by atoms with Crippen LogP contribution in [0.1, 0.15) is 12.1 Å². The van der Waals surface area contributed by atoms with Crippen molar-refractivity contribution in [1.82, 2.24) is 15.1 Å². The Bertz CT molecular complexity index is 289. The number of aromatic nitrogens is 2. The van der Waals surface area contributed by atoms with Gasteiger partial charge in [0.25, 0.3) is 0 Å². The van der Waals surface area contributed by atoms with E-state index < -0.39 is 0 Å². The van der Waals surface area contributed by atoms with Gasteiger partial charge >= 0.3 is 0 Å². The van der Waals surface area contributed by atoms with E-state index in [4.69, 9.17) is 4.74 Å². The third-order valence-electron chi connectivity index (χ3n) is 2.28. The summed E-state index contributed by atoms with van der Waals surface area (Å²) in [4.78, 5) is 0. The van der Waals surface area contributed by atoms with E-state index in [0.717, 1.165) is 31.0 Å². The average Bonchev–Trinajstić information content (AvgIpc) is 2.63. The van der Waals surface area contributed by atoms with E-state index in [1.807, 2.05) is 20.2 Å². The van der Waals surface area contributed by atoms with Gasteiger partial charge in [-0.3, -0.25) is 4.68 Å². The number of aryl methyl sites for hydroxylation is 2. The van der Waals surface area contributed by atoms with E-state index in [1.165, 1.54) is 0 Å². The molecule has 0 amide bonds. The van der Waals surface area contributed by atoms with Crippen molar-refractivity contribution in [3.05, 3.63) is 11.9 Å². The molecular formula is C9H15N3O. The molecular weight excluding hydrogens is 166 g/mol. The molecule has 1 aromatic rings. The van der Waals surface area contributed by atoms with Crippen LogP contribution in [0.5, 0.6) is 5.75 Å².